The Labute approximate surface area is 121 Å². The predicted molar refractivity (Wildman–Crippen MR) is 77.8 cm³/mol. The highest BCUT2D eigenvalue weighted by Gasteiger charge is 2.24. The van der Waals surface area contributed by atoms with E-state index in [0.717, 1.165) is 16.3 Å². The van der Waals surface area contributed by atoms with Crippen molar-refractivity contribution in [2.75, 3.05) is 5.73 Å². The Hall–Kier alpha value is -1.45. The van der Waals surface area contributed by atoms with Gasteiger partial charge in [0.15, 0.2) is 5.82 Å². The molecule has 0 bridgehead atoms. The first-order valence-electron chi connectivity index (χ1n) is 6.09. The zero-order valence-corrected chi connectivity index (χ0v) is 13.1. The van der Waals surface area contributed by atoms with E-state index in [-0.39, 0.29) is 10.7 Å². The standard InChI is InChI=1S/C11H17N5O2S2/c1-4-8-5-13-11(19-8)7(2)15-20(17,18)9-6-16(3)14-10(9)12/h5-7,15H,4H2,1-3H3,(H2,12,14). The zero-order chi connectivity index (χ0) is 14.9. The predicted octanol–water partition coefficient (Wildman–Crippen LogP) is 1.06. The Morgan fingerprint density at radius 2 is 2.25 bits per heavy atom. The van der Waals surface area contributed by atoms with Gasteiger partial charge in [-0.1, -0.05) is 6.92 Å². The van der Waals surface area contributed by atoms with E-state index in [1.165, 1.54) is 22.2 Å². The van der Waals surface area contributed by atoms with E-state index in [2.05, 4.69) is 14.8 Å². The summed E-state index contributed by atoms with van der Waals surface area (Å²) in [4.78, 5) is 5.33. The molecule has 2 aromatic rings. The highest BCUT2D eigenvalue weighted by molar-refractivity contribution is 7.89. The summed E-state index contributed by atoms with van der Waals surface area (Å²) >= 11 is 1.50. The van der Waals surface area contributed by atoms with Crippen molar-refractivity contribution in [1.82, 2.24) is 19.5 Å². The maximum atomic E-state index is 12.3. The number of aryl methyl sites for hydroxylation is 2. The van der Waals surface area contributed by atoms with Crippen LogP contribution in [0, 0.1) is 0 Å². The topological polar surface area (TPSA) is 103 Å². The molecule has 0 spiro atoms. The molecule has 1 atom stereocenters. The number of anilines is 1. The van der Waals surface area contributed by atoms with Crippen LogP contribution in [0.4, 0.5) is 5.82 Å². The minimum atomic E-state index is -3.71. The number of sulfonamides is 1. The number of hydrogen-bond donors (Lipinski definition) is 2. The summed E-state index contributed by atoms with van der Waals surface area (Å²) in [5, 5.41) is 4.57. The molecule has 2 rings (SSSR count). The second-order valence-corrected chi connectivity index (χ2v) is 7.24. The molecule has 0 aliphatic rings. The average molecular weight is 315 g/mol. The molecule has 0 aliphatic carbocycles. The van der Waals surface area contributed by atoms with Crippen LogP contribution in [0.2, 0.25) is 0 Å². The van der Waals surface area contributed by atoms with Crippen molar-refractivity contribution in [3.05, 3.63) is 22.3 Å². The molecule has 0 saturated heterocycles. The van der Waals surface area contributed by atoms with Crippen LogP contribution in [-0.2, 0) is 23.5 Å². The molecule has 1 unspecified atom stereocenters. The Balaban J connectivity index is 2.21. The fraction of sp³-hybridized carbons (Fsp3) is 0.455. The van der Waals surface area contributed by atoms with E-state index in [4.69, 9.17) is 5.73 Å². The summed E-state index contributed by atoms with van der Waals surface area (Å²) in [6.07, 6.45) is 4.03. The van der Waals surface area contributed by atoms with Crippen LogP contribution >= 0.6 is 11.3 Å². The summed E-state index contributed by atoms with van der Waals surface area (Å²) < 4.78 is 28.5. The molecule has 3 N–H and O–H groups in total. The summed E-state index contributed by atoms with van der Waals surface area (Å²) in [5.41, 5.74) is 5.60. The SMILES string of the molecule is CCc1cnc(C(C)NS(=O)(=O)c2cn(C)nc2N)s1. The van der Waals surface area contributed by atoms with Crippen molar-refractivity contribution in [3.8, 4) is 0 Å². The Bertz CT molecular complexity index is 704. The molecule has 0 radical (unpaired) electrons. The Kier molecular flexibility index (Phi) is 4.11. The molecule has 0 saturated carbocycles. The fourth-order valence-electron chi connectivity index (χ4n) is 1.72. The third-order valence-corrected chi connectivity index (χ3v) is 5.62. The number of nitrogens with two attached hydrogens (primary N) is 1. The molecule has 2 heterocycles. The van der Waals surface area contributed by atoms with E-state index < -0.39 is 16.1 Å². The van der Waals surface area contributed by atoms with Gasteiger partial charge in [-0.2, -0.15) is 5.10 Å². The van der Waals surface area contributed by atoms with Gasteiger partial charge in [0.1, 0.15) is 9.90 Å². The lowest BCUT2D eigenvalue weighted by molar-refractivity contribution is 0.566. The summed E-state index contributed by atoms with van der Waals surface area (Å²) in [6, 6.07) is -0.412. The number of aromatic nitrogens is 3. The van der Waals surface area contributed by atoms with Crippen molar-refractivity contribution in [2.45, 2.75) is 31.2 Å². The minimum Gasteiger partial charge on any atom is -0.381 e. The van der Waals surface area contributed by atoms with Crippen molar-refractivity contribution < 1.29 is 8.42 Å². The fourth-order valence-corrected chi connectivity index (χ4v) is 3.97. The molecule has 110 valence electrons. The highest BCUT2D eigenvalue weighted by atomic mass is 32.2. The van der Waals surface area contributed by atoms with Gasteiger partial charge in [0.2, 0.25) is 10.0 Å². The van der Waals surface area contributed by atoms with Crippen molar-refractivity contribution in [1.29, 1.82) is 0 Å². The second-order valence-electron chi connectivity index (χ2n) is 4.41. The molecule has 0 amide bonds. The molecule has 0 fully saturated rings. The first-order valence-corrected chi connectivity index (χ1v) is 8.39. The van der Waals surface area contributed by atoms with E-state index in [9.17, 15) is 8.42 Å². The number of rotatable bonds is 5. The molecule has 20 heavy (non-hydrogen) atoms. The minimum absolute atomic E-state index is 0.0133. The van der Waals surface area contributed by atoms with Crippen LogP contribution in [0.3, 0.4) is 0 Å². The monoisotopic (exact) mass is 315 g/mol. The second kappa shape index (κ2) is 5.51. The van der Waals surface area contributed by atoms with Gasteiger partial charge < -0.3 is 5.73 Å². The van der Waals surface area contributed by atoms with Crippen molar-refractivity contribution in [2.24, 2.45) is 7.05 Å². The third-order valence-electron chi connectivity index (χ3n) is 2.73. The molecule has 0 aromatic carbocycles. The number of nitrogens with one attached hydrogen (secondary N) is 1. The largest absolute Gasteiger partial charge is 0.381 e. The molecular weight excluding hydrogens is 298 g/mol. The van der Waals surface area contributed by atoms with Gasteiger partial charge in [0.05, 0.1) is 6.04 Å². The van der Waals surface area contributed by atoms with Crippen LogP contribution in [0.5, 0.6) is 0 Å². The Morgan fingerprint density at radius 3 is 2.75 bits per heavy atom. The molecule has 0 aliphatic heterocycles. The van der Waals surface area contributed by atoms with E-state index in [1.807, 2.05) is 6.92 Å². The number of thiazole rings is 1. The lowest BCUT2D eigenvalue weighted by atomic mass is 10.4. The highest BCUT2D eigenvalue weighted by Crippen LogP contribution is 2.23. The lowest BCUT2D eigenvalue weighted by Gasteiger charge is -2.10. The van der Waals surface area contributed by atoms with Crippen LogP contribution in [-0.4, -0.2) is 23.2 Å². The molecule has 2 aromatic heterocycles. The number of nitrogen functional groups attached to an aromatic ring is 1. The van der Waals surface area contributed by atoms with Gasteiger partial charge in [-0.15, -0.1) is 11.3 Å². The quantitative estimate of drug-likeness (QED) is 0.859. The van der Waals surface area contributed by atoms with Crippen LogP contribution in [0.1, 0.15) is 29.8 Å². The maximum absolute atomic E-state index is 12.3. The smallest absolute Gasteiger partial charge is 0.246 e. The van der Waals surface area contributed by atoms with Gasteiger partial charge in [0, 0.05) is 24.3 Å². The average Bonchev–Trinajstić information content (AvgIpc) is 2.95. The molecular formula is C11H17N5O2S2. The maximum Gasteiger partial charge on any atom is 0.246 e. The number of nitrogens with zero attached hydrogens (tertiary/aromatic N) is 3. The van der Waals surface area contributed by atoms with Gasteiger partial charge in [0.25, 0.3) is 0 Å². The van der Waals surface area contributed by atoms with Gasteiger partial charge in [-0.3, -0.25) is 4.68 Å². The van der Waals surface area contributed by atoms with Crippen molar-refractivity contribution >= 4 is 27.2 Å². The molecule has 7 nitrogen and oxygen atoms in total. The first-order chi connectivity index (χ1) is 9.33. The summed E-state index contributed by atoms with van der Waals surface area (Å²) in [5.74, 6) is -0.0133. The Morgan fingerprint density at radius 1 is 1.55 bits per heavy atom. The van der Waals surface area contributed by atoms with E-state index >= 15 is 0 Å². The third kappa shape index (κ3) is 3.00. The van der Waals surface area contributed by atoms with E-state index in [0.29, 0.717) is 0 Å². The van der Waals surface area contributed by atoms with Crippen LogP contribution in [0.25, 0.3) is 0 Å². The van der Waals surface area contributed by atoms with Crippen LogP contribution < -0.4 is 10.5 Å². The zero-order valence-electron chi connectivity index (χ0n) is 11.5. The van der Waals surface area contributed by atoms with Gasteiger partial charge in [-0.25, -0.2) is 18.1 Å². The molecule has 9 heteroatoms. The summed E-state index contributed by atoms with van der Waals surface area (Å²) in [7, 11) is -2.09. The number of hydrogen-bond acceptors (Lipinski definition) is 6. The van der Waals surface area contributed by atoms with E-state index in [1.54, 1.807) is 20.2 Å². The normalized spacial score (nSPS) is 13.6. The van der Waals surface area contributed by atoms with Gasteiger partial charge in [-0.05, 0) is 13.3 Å². The summed E-state index contributed by atoms with van der Waals surface area (Å²) in [6.45, 7) is 3.78. The lowest BCUT2D eigenvalue weighted by Crippen LogP contribution is -2.27. The first kappa shape index (κ1) is 14.9. The van der Waals surface area contributed by atoms with Crippen LogP contribution in [0.15, 0.2) is 17.3 Å². The van der Waals surface area contributed by atoms with Gasteiger partial charge >= 0.3 is 0 Å². The van der Waals surface area contributed by atoms with Crippen molar-refractivity contribution in [3.63, 3.8) is 0 Å².